The Hall–Kier alpha value is -0.520. The highest BCUT2D eigenvalue weighted by Crippen LogP contribution is 2.19. The van der Waals surface area contributed by atoms with Crippen molar-refractivity contribution < 1.29 is 4.79 Å². The van der Waals surface area contributed by atoms with E-state index in [0.29, 0.717) is 17.0 Å². The maximum Gasteiger partial charge on any atom is 0.252 e. The van der Waals surface area contributed by atoms with Crippen LogP contribution in [0.2, 0.25) is 0 Å². The van der Waals surface area contributed by atoms with Crippen molar-refractivity contribution in [2.24, 2.45) is 0 Å². The van der Waals surface area contributed by atoms with Gasteiger partial charge in [0.2, 0.25) is 0 Å². The molecule has 5 heteroatoms. The molecule has 0 saturated carbocycles. The third-order valence-corrected chi connectivity index (χ3v) is 3.39. The molecule has 0 aliphatic rings. The number of benzene rings is 1. The van der Waals surface area contributed by atoms with Gasteiger partial charge in [-0.25, -0.2) is 0 Å². The van der Waals surface area contributed by atoms with Gasteiger partial charge in [-0.15, -0.1) is 12.6 Å². The van der Waals surface area contributed by atoms with E-state index in [1.165, 1.54) is 0 Å². The third-order valence-electron chi connectivity index (χ3n) is 2.52. The van der Waals surface area contributed by atoms with Crippen molar-refractivity contribution >= 4 is 34.5 Å². The van der Waals surface area contributed by atoms with Gasteiger partial charge >= 0.3 is 0 Å². The number of rotatable bonds is 6. The molecular formula is C13H19BrN2OS. The topological polar surface area (TPSA) is 32.3 Å². The molecular weight excluding hydrogens is 312 g/mol. The van der Waals surface area contributed by atoms with E-state index in [-0.39, 0.29) is 5.91 Å². The highest BCUT2D eigenvalue weighted by molar-refractivity contribution is 9.10. The van der Waals surface area contributed by atoms with Crippen LogP contribution in [0.1, 0.15) is 23.2 Å². The third kappa shape index (κ3) is 5.42. The molecule has 0 aliphatic carbocycles. The molecule has 0 radical (unpaired) electrons. The Morgan fingerprint density at radius 3 is 2.72 bits per heavy atom. The first kappa shape index (κ1) is 15.5. The number of unbranched alkanes of at least 4 members (excludes halogenated alkanes) is 1. The van der Waals surface area contributed by atoms with Crippen LogP contribution in [-0.2, 0) is 0 Å². The van der Waals surface area contributed by atoms with E-state index in [1.54, 1.807) is 6.07 Å². The lowest BCUT2D eigenvalue weighted by atomic mass is 10.2. The standard InChI is InChI=1S/C13H19BrN2OS/c1-16(2)8-4-3-7-15-13(17)11-6-5-10(14)9-12(11)18/h5-6,9,18H,3-4,7-8H2,1-2H3,(H,15,17). The highest BCUT2D eigenvalue weighted by atomic mass is 79.9. The predicted molar refractivity (Wildman–Crippen MR) is 81.5 cm³/mol. The molecule has 1 aromatic carbocycles. The van der Waals surface area contributed by atoms with Gasteiger partial charge in [0.1, 0.15) is 0 Å². The quantitative estimate of drug-likeness (QED) is 0.621. The predicted octanol–water partition coefficient (Wildman–Crippen LogP) is 2.81. The van der Waals surface area contributed by atoms with Crippen molar-refractivity contribution in [3.05, 3.63) is 28.2 Å². The lowest BCUT2D eigenvalue weighted by Gasteiger charge is -2.10. The second kappa shape index (κ2) is 7.81. The Balaban J connectivity index is 2.36. The molecule has 100 valence electrons. The van der Waals surface area contributed by atoms with Crippen LogP contribution in [-0.4, -0.2) is 38.0 Å². The molecule has 0 heterocycles. The molecule has 3 nitrogen and oxygen atoms in total. The van der Waals surface area contributed by atoms with Crippen molar-refractivity contribution in [3.8, 4) is 0 Å². The molecule has 1 rings (SSSR count). The minimum absolute atomic E-state index is 0.0580. The summed E-state index contributed by atoms with van der Waals surface area (Å²) in [7, 11) is 4.10. The number of hydrogen-bond acceptors (Lipinski definition) is 3. The van der Waals surface area contributed by atoms with Crippen LogP contribution in [0.3, 0.4) is 0 Å². The molecule has 0 atom stereocenters. The Morgan fingerprint density at radius 2 is 2.11 bits per heavy atom. The first-order chi connectivity index (χ1) is 8.50. The average Bonchev–Trinajstić information content (AvgIpc) is 2.27. The fourth-order valence-electron chi connectivity index (χ4n) is 1.55. The maximum atomic E-state index is 11.9. The van der Waals surface area contributed by atoms with E-state index in [2.05, 4.69) is 38.8 Å². The summed E-state index contributed by atoms with van der Waals surface area (Å²) in [6.07, 6.45) is 2.07. The Kier molecular flexibility index (Phi) is 6.75. The van der Waals surface area contributed by atoms with E-state index in [0.717, 1.165) is 23.9 Å². The van der Waals surface area contributed by atoms with Crippen LogP contribution in [0.4, 0.5) is 0 Å². The zero-order chi connectivity index (χ0) is 13.5. The van der Waals surface area contributed by atoms with Gasteiger partial charge in [-0.2, -0.15) is 0 Å². The summed E-state index contributed by atoms with van der Waals surface area (Å²) in [6, 6.07) is 5.45. The zero-order valence-electron chi connectivity index (χ0n) is 10.7. The molecule has 0 aromatic heterocycles. The second-order valence-corrected chi connectivity index (χ2v) is 5.83. The maximum absolute atomic E-state index is 11.9. The smallest absolute Gasteiger partial charge is 0.252 e. The summed E-state index contributed by atoms with van der Waals surface area (Å²) in [5.41, 5.74) is 0.620. The summed E-state index contributed by atoms with van der Waals surface area (Å²) in [5.74, 6) is -0.0580. The van der Waals surface area contributed by atoms with E-state index in [1.807, 2.05) is 26.2 Å². The van der Waals surface area contributed by atoms with Gasteiger partial charge in [-0.1, -0.05) is 15.9 Å². The van der Waals surface area contributed by atoms with E-state index < -0.39 is 0 Å². The molecule has 0 spiro atoms. The molecule has 0 saturated heterocycles. The zero-order valence-corrected chi connectivity index (χ0v) is 13.2. The lowest BCUT2D eigenvalue weighted by molar-refractivity contribution is 0.0950. The molecule has 1 aromatic rings. The van der Waals surface area contributed by atoms with Crippen LogP contribution in [0.15, 0.2) is 27.6 Å². The Bertz CT molecular complexity index is 410. The van der Waals surface area contributed by atoms with E-state index >= 15 is 0 Å². The highest BCUT2D eigenvalue weighted by Gasteiger charge is 2.08. The van der Waals surface area contributed by atoms with Crippen LogP contribution in [0.5, 0.6) is 0 Å². The number of amides is 1. The summed E-state index contributed by atoms with van der Waals surface area (Å²) < 4.78 is 0.926. The van der Waals surface area contributed by atoms with Gasteiger partial charge in [-0.05, 0) is 51.7 Å². The lowest BCUT2D eigenvalue weighted by Crippen LogP contribution is -2.25. The first-order valence-electron chi connectivity index (χ1n) is 5.92. The van der Waals surface area contributed by atoms with Crippen LogP contribution < -0.4 is 5.32 Å². The monoisotopic (exact) mass is 330 g/mol. The molecule has 1 amide bonds. The Labute approximate surface area is 122 Å². The SMILES string of the molecule is CN(C)CCCCNC(=O)c1ccc(Br)cc1S. The molecule has 18 heavy (non-hydrogen) atoms. The second-order valence-electron chi connectivity index (χ2n) is 4.43. The molecule has 1 N–H and O–H groups in total. The first-order valence-corrected chi connectivity index (χ1v) is 7.16. The fourth-order valence-corrected chi connectivity index (χ4v) is 2.40. The summed E-state index contributed by atoms with van der Waals surface area (Å²) in [5, 5.41) is 2.91. The largest absolute Gasteiger partial charge is 0.352 e. The molecule has 0 unspecified atom stereocenters. The van der Waals surface area contributed by atoms with E-state index in [4.69, 9.17) is 0 Å². The average molecular weight is 331 g/mol. The number of nitrogens with one attached hydrogen (secondary N) is 1. The van der Waals surface area contributed by atoms with Crippen LogP contribution in [0, 0.1) is 0 Å². The molecule has 0 bridgehead atoms. The van der Waals surface area contributed by atoms with Crippen molar-refractivity contribution in [1.82, 2.24) is 10.2 Å². The number of hydrogen-bond donors (Lipinski definition) is 2. The van der Waals surface area contributed by atoms with Crippen LogP contribution >= 0.6 is 28.6 Å². The van der Waals surface area contributed by atoms with Gasteiger partial charge < -0.3 is 10.2 Å². The molecule has 0 aliphatic heterocycles. The van der Waals surface area contributed by atoms with E-state index in [9.17, 15) is 4.79 Å². The summed E-state index contributed by atoms with van der Waals surface area (Å²) in [6.45, 7) is 1.75. The van der Waals surface area contributed by atoms with Gasteiger partial charge in [0.05, 0.1) is 5.56 Å². The van der Waals surface area contributed by atoms with Crippen molar-refractivity contribution in [1.29, 1.82) is 0 Å². The Morgan fingerprint density at radius 1 is 1.39 bits per heavy atom. The normalized spacial score (nSPS) is 10.7. The summed E-state index contributed by atoms with van der Waals surface area (Å²) >= 11 is 7.65. The van der Waals surface area contributed by atoms with Gasteiger partial charge in [0, 0.05) is 15.9 Å². The number of halogens is 1. The van der Waals surface area contributed by atoms with Gasteiger partial charge in [0.15, 0.2) is 0 Å². The van der Waals surface area contributed by atoms with Gasteiger partial charge in [-0.3, -0.25) is 4.79 Å². The number of thiol groups is 1. The minimum atomic E-state index is -0.0580. The number of nitrogens with zero attached hydrogens (tertiary/aromatic N) is 1. The van der Waals surface area contributed by atoms with Crippen LogP contribution in [0.25, 0.3) is 0 Å². The van der Waals surface area contributed by atoms with Gasteiger partial charge in [0.25, 0.3) is 5.91 Å². The fraction of sp³-hybridized carbons (Fsp3) is 0.462. The minimum Gasteiger partial charge on any atom is -0.352 e. The van der Waals surface area contributed by atoms with Crippen molar-refractivity contribution in [3.63, 3.8) is 0 Å². The number of carbonyl (C=O) groups excluding carboxylic acids is 1. The van der Waals surface area contributed by atoms with Crippen molar-refractivity contribution in [2.75, 3.05) is 27.2 Å². The van der Waals surface area contributed by atoms with Crippen molar-refractivity contribution in [2.45, 2.75) is 17.7 Å². The summed E-state index contributed by atoms with van der Waals surface area (Å²) in [4.78, 5) is 14.7. The number of carbonyl (C=O) groups is 1. The molecule has 0 fully saturated rings.